The first-order valence-corrected chi connectivity index (χ1v) is 7.60. The van der Waals surface area contributed by atoms with Gasteiger partial charge in [-0.05, 0) is 12.1 Å². The van der Waals surface area contributed by atoms with E-state index in [1.54, 1.807) is 54.6 Å². The van der Waals surface area contributed by atoms with E-state index in [9.17, 15) is 9.36 Å². The SMILES string of the molecule is COP(=O)(C(=O)c1ccccc1)c1ccccc1Cl. The van der Waals surface area contributed by atoms with E-state index in [1.807, 2.05) is 0 Å². The zero-order valence-electron chi connectivity index (χ0n) is 10.2. The van der Waals surface area contributed by atoms with Gasteiger partial charge in [0.25, 0.3) is 5.52 Å². The predicted molar refractivity (Wildman–Crippen MR) is 76.5 cm³/mol. The van der Waals surface area contributed by atoms with Gasteiger partial charge < -0.3 is 4.52 Å². The van der Waals surface area contributed by atoms with E-state index < -0.39 is 12.9 Å². The summed E-state index contributed by atoms with van der Waals surface area (Å²) < 4.78 is 17.9. The fourth-order valence-corrected chi connectivity index (χ4v) is 3.91. The van der Waals surface area contributed by atoms with Crippen LogP contribution in [-0.2, 0) is 9.09 Å². The molecule has 2 aromatic carbocycles. The number of halogens is 1. The minimum Gasteiger partial charge on any atom is -0.323 e. The summed E-state index contributed by atoms with van der Waals surface area (Å²) in [5.41, 5.74) is -0.212. The van der Waals surface area contributed by atoms with Crippen molar-refractivity contribution in [2.45, 2.75) is 0 Å². The van der Waals surface area contributed by atoms with Crippen molar-refractivity contribution < 1.29 is 13.9 Å². The van der Waals surface area contributed by atoms with E-state index in [0.717, 1.165) is 0 Å². The van der Waals surface area contributed by atoms with Crippen LogP contribution in [0.3, 0.4) is 0 Å². The molecule has 0 amide bonds. The van der Waals surface area contributed by atoms with Gasteiger partial charge in [0.2, 0.25) is 0 Å². The van der Waals surface area contributed by atoms with Crippen LogP contribution in [0.5, 0.6) is 0 Å². The molecule has 2 rings (SSSR count). The smallest absolute Gasteiger partial charge is 0.301 e. The van der Waals surface area contributed by atoms with Crippen LogP contribution in [0, 0.1) is 0 Å². The summed E-state index contributed by atoms with van der Waals surface area (Å²) in [6.45, 7) is 0. The van der Waals surface area contributed by atoms with Gasteiger partial charge in [0.05, 0.1) is 10.3 Å². The van der Waals surface area contributed by atoms with Gasteiger partial charge in [-0.2, -0.15) is 0 Å². The van der Waals surface area contributed by atoms with Crippen molar-refractivity contribution in [1.82, 2.24) is 0 Å². The van der Waals surface area contributed by atoms with Crippen molar-refractivity contribution in [2.75, 3.05) is 7.11 Å². The number of carbonyl (C=O) groups is 1. The Labute approximate surface area is 116 Å². The molecule has 98 valence electrons. The highest BCUT2D eigenvalue weighted by Crippen LogP contribution is 2.49. The molecule has 0 aliphatic carbocycles. The van der Waals surface area contributed by atoms with Crippen LogP contribution in [0.4, 0.5) is 0 Å². The van der Waals surface area contributed by atoms with E-state index in [2.05, 4.69) is 0 Å². The van der Waals surface area contributed by atoms with Crippen LogP contribution in [0.25, 0.3) is 0 Å². The van der Waals surface area contributed by atoms with Crippen LogP contribution >= 0.6 is 19.0 Å². The first kappa shape index (κ1) is 14.0. The predicted octanol–water partition coefficient (Wildman–Crippen LogP) is 3.73. The van der Waals surface area contributed by atoms with Crippen LogP contribution in [-0.4, -0.2) is 12.6 Å². The molecular weight excluding hydrogens is 283 g/mol. The quantitative estimate of drug-likeness (QED) is 0.807. The molecule has 19 heavy (non-hydrogen) atoms. The third-order valence-electron chi connectivity index (χ3n) is 2.71. The Hall–Kier alpha value is -1.41. The van der Waals surface area contributed by atoms with Crippen LogP contribution in [0.15, 0.2) is 54.6 Å². The summed E-state index contributed by atoms with van der Waals surface area (Å²) in [5.74, 6) is 0. The highest BCUT2D eigenvalue weighted by molar-refractivity contribution is 7.83. The molecule has 0 aliphatic heterocycles. The monoisotopic (exact) mass is 294 g/mol. The maximum atomic E-state index is 12.8. The lowest BCUT2D eigenvalue weighted by molar-refractivity contribution is 0.106. The van der Waals surface area contributed by atoms with Gasteiger partial charge in [-0.25, -0.2) is 0 Å². The first-order chi connectivity index (χ1) is 9.09. The summed E-state index contributed by atoms with van der Waals surface area (Å²) in [7, 11) is -2.42. The summed E-state index contributed by atoms with van der Waals surface area (Å²) in [4.78, 5) is 12.4. The molecule has 0 saturated carbocycles. The third kappa shape index (κ3) is 2.64. The zero-order chi connectivity index (χ0) is 13.9. The summed E-state index contributed by atoms with van der Waals surface area (Å²) in [5, 5.41) is 0.491. The summed E-state index contributed by atoms with van der Waals surface area (Å²) >= 11 is 6.01. The Kier molecular flexibility index (Phi) is 4.20. The number of rotatable bonds is 4. The van der Waals surface area contributed by atoms with Gasteiger partial charge in [-0.1, -0.05) is 54.1 Å². The zero-order valence-corrected chi connectivity index (χ0v) is 11.9. The second-order valence-electron chi connectivity index (χ2n) is 3.86. The Balaban J connectivity index is 2.53. The molecule has 0 radical (unpaired) electrons. The lowest BCUT2D eigenvalue weighted by Crippen LogP contribution is -2.15. The molecular formula is C14H12ClO3P. The average Bonchev–Trinajstić information content (AvgIpc) is 2.47. The van der Waals surface area contributed by atoms with Gasteiger partial charge in [0.15, 0.2) is 0 Å². The van der Waals surface area contributed by atoms with E-state index in [0.29, 0.717) is 5.56 Å². The minimum absolute atomic E-state index is 0.230. The van der Waals surface area contributed by atoms with Crippen LogP contribution in [0.2, 0.25) is 5.02 Å². The lowest BCUT2D eigenvalue weighted by Gasteiger charge is -2.16. The third-order valence-corrected chi connectivity index (χ3v) is 5.51. The molecule has 0 N–H and O–H groups in total. The van der Waals surface area contributed by atoms with E-state index in [4.69, 9.17) is 16.1 Å². The number of carbonyl (C=O) groups excluding carboxylic acids is 1. The van der Waals surface area contributed by atoms with Gasteiger partial charge in [-0.15, -0.1) is 0 Å². The molecule has 0 aliphatic rings. The molecule has 0 heterocycles. The first-order valence-electron chi connectivity index (χ1n) is 5.60. The van der Waals surface area contributed by atoms with Crippen molar-refractivity contribution in [3.63, 3.8) is 0 Å². The fourth-order valence-electron chi connectivity index (χ4n) is 1.73. The van der Waals surface area contributed by atoms with E-state index in [-0.39, 0.29) is 10.3 Å². The molecule has 0 bridgehead atoms. The van der Waals surface area contributed by atoms with E-state index in [1.165, 1.54) is 7.11 Å². The normalized spacial score (nSPS) is 13.8. The summed E-state index contributed by atoms with van der Waals surface area (Å²) in [6.07, 6.45) is 0. The number of hydrogen-bond donors (Lipinski definition) is 0. The molecule has 1 unspecified atom stereocenters. The topological polar surface area (TPSA) is 43.4 Å². The average molecular weight is 295 g/mol. The van der Waals surface area contributed by atoms with Crippen molar-refractivity contribution in [1.29, 1.82) is 0 Å². The molecule has 3 nitrogen and oxygen atoms in total. The second kappa shape index (κ2) is 5.70. The molecule has 0 saturated heterocycles. The fraction of sp³-hybridized carbons (Fsp3) is 0.0714. The van der Waals surface area contributed by atoms with Gasteiger partial charge >= 0.3 is 7.37 Å². The minimum atomic E-state index is -3.67. The Morgan fingerprint density at radius 2 is 1.63 bits per heavy atom. The van der Waals surface area contributed by atoms with Gasteiger partial charge in [0, 0.05) is 12.7 Å². The number of hydrogen-bond acceptors (Lipinski definition) is 3. The largest absolute Gasteiger partial charge is 0.323 e. The lowest BCUT2D eigenvalue weighted by atomic mass is 10.2. The van der Waals surface area contributed by atoms with Crippen molar-refractivity contribution in [3.8, 4) is 0 Å². The van der Waals surface area contributed by atoms with E-state index >= 15 is 0 Å². The maximum absolute atomic E-state index is 12.8. The molecule has 5 heteroatoms. The Bertz CT molecular complexity index is 640. The Morgan fingerprint density at radius 3 is 2.21 bits per heavy atom. The Morgan fingerprint density at radius 1 is 1.05 bits per heavy atom. The molecule has 0 fully saturated rings. The molecule has 1 atom stereocenters. The van der Waals surface area contributed by atoms with Crippen LogP contribution < -0.4 is 5.30 Å². The van der Waals surface area contributed by atoms with Gasteiger partial charge in [0.1, 0.15) is 0 Å². The maximum Gasteiger partial charge on any atom is 0.301 e. The summed E-state index contributed by atoms with van der Waals surface area (Å²) in [6, 6.07) is 14.9. The highest BCUT2D eigenvalue weighted by atomic mass is 35.5. The van der Waals surface area contributed by atoms with Crippen molar-refractivity contribution in [3.05, 3.63) is 65.2 Å². The molecule has 0 spiro atoms. The molecule has 0 aromatic heterocycles. The number of benzene rings is 2. The highest BCUT2D eigenvalue weighted by Gasteiger charge is 2.36. The van der Waals surface area contributed by atoms with Gasteiger partial charge in [-0.3, -0.25) is 9.36 Å². The van der Waals surface area contributed by atoms with Crippen molar-refractivity contribution >= 4 is 29.8 Å². The van der Waals surface area contributed by atoms with Crippen LogP contribution in [0.1, 0.15) is 10.4 Å². The standard InChI is InChI=1S/C14H12ClO3P/c1-18-19(17,13-10-6-5-9-12(13)15)14(16)11-7-3-2-4-8-11/h2-10H,1H3. The van der Waals surface area contributed by atoms with Crippen molar-refractivity contribution in [2.24, 2.45) is 0 Å². The molecule has 2 aromatic rings. The second-order valence-corrected chi connectivity index (χ2v) is 6.62.